The fourth-order valence-corrected chi connectivity index (χ4v) is 1.57. The van der Waals surface area contributed by atoms with Gasteiger partial charge in [0, 0.05) is 26.0 Å². The van der Waals surface area contributed by atoms with E-state index in [9.17, 15) is 0 Å². The van der Waals surface area contributed by atoms with E-state index in [1.165, 1.54) is 12.8 Å². The summed E-state index contributed by atoms with van der Waals surface area (Å²) in [5, 5.41) is 12.1. The summed E-state index contributed by atoms with van der Waals surface area (Å²) in [6.45, 7) is 2.51. The van der Waals surface area contributed by atoms with Gasteiger partial charge in [-0.1, -0.05) is 0 Å². The molecule has 0 aliphatic heterocycles. The molecule has 0 atom stereocenters. The Morgan fingerprint density at radius 1 is 1.53 bits per heavy atom. The van der Waals surface area contributed by atoms with Crippen molar-refractivity contribution in [2.75, 3.05) is 25.1 Å². The van der Waals surface area contributed by atoms with Crippen LogP contribution >= 0.6 is 0 Å². The van der Waals surface area contributed by atoms with Crippen molar-refractivity contribution in [3.8, 4) is 6.07 Å². The van der Waals surface area contributed by atoms with Gasteiger partial charge in [-0.2, -0.15) is 5.26 Å². The van der Waals surface area contributed by atoms with Gasteiger partial charge >= 0.3 is 0 Å². The van der Waals surface area contributed by atoms with E-state index in [0.717, 1.165) is 37.8 Å². The SMILES string of the molecule is N#Cc1ncccc1NCCCOCC1CC1. The van der Waals surface area contributed by atoms with Crippen LogP contribution in [-0.2, 0) is 4.74 Å². The van der Waals surface area contributed by atoms with Crippen LogP contribution in [0.1, 0.15) is 25.0 Å². The van der Waals surface area contributed by atoms with Crippen LogP contribution in [0.25, 0.3) is 0 Å². The molecule has 0 amide bonds. The summed E-state index contributed by atoms with van der Waals surface area (Å²) in [6.07, 6.45) is 5.24. The van der Waals surface area contributed by atoms with Crippen molar-refractivity contribution in [1.29, 1.82) is 5.26 Å². The molecule has 4 heteroatoms. The Morgan fingerprint density at radius 3 is 3.18 bits per heavy atom. The van der Waals surface area contributed by atoms with Crippen LogP contribution in [0.4, 0.5) is 5.69 Å². The fraction of sp³-hybridized carbons (Fsp3) is 0.538. The van der Waals surface area contributed by atoms with Crippen molar-refractivity contribution in [2.24, 2.45) is 5.92 Å². The second kappa shape index (κ2) is 6.21. The molecule has 0 spiro atoms. The number of pyridine rings is 1. The monoisotopic (exact) mass is 231 g/mol. The van der Waals surface area contributed by atoms with Crippen LogP contribution in [-0.4, -0.2) is 24.7 Å². The number of hydrogen-bond donors (Lipinski definition) is 1. The van der Waals surface area contributed by atoms with Gasteiger partial charge in [-0.25, -0.2) is 4.98 Å². The zero-order chi connectivity index (χ0) is 11.9. The first kappa shape index (κ1) is 11.9. The Kier molecular flexibility index (Phi) is 4.34. The van der Waals surface area contributed by atoms with Crippen LogP contribution in [0.3, 0.4) is 0 Å². The van der Waals surface area contributed by atoms with Crippen LogP contribution in [0.2, 0.25) is 0 Å². The summed E-state index contributed by atoms with van der Waals surface area (Å²) in [4.78, 5) is 3.99. The number of rotatable bonds is 7. The topological polar surface area (TPSA) is 57.9 Å². The lowest BCUT2D eigenvalue weighted by Gasteiger charge is -2.07. The van der Waals surface area contributed by atoms with E-state index in [0.29, 0.717) is 5.69 Å². The van der Waals surface area contributed by atoms with Crippen molar-refractivity contribution in [2.45, 2.75) is 19.3 Å². The summed E-state index contributed by atoms with van der Waals surface area (Å²) in [6, 6.07) is 5.76. The lowest BCUT2D eigenvalue weighted by molar-refractivity contribution is 0.124. The van der Waals surface area contributed by atoms with Gasteiger partial charge in [-0.05, 0) is 37.3 Å². The lowest BCUT2D eigenvalue weighted by Crippen LogP contribution is -2.08. The number of aromatic nitrogens is 1. The molecule has 1 aliphatic rings. The summed E-state index contributed by atoms with van der Waals surface area (Å²) >= 11 is 0. The minimum absolute atomic E-state index is 0.450. The molecule has 4 nitrogen and oxygen atoms in total. The Balaban J connectivity index is 1.61. The smallest absolute Gasteiger partial charge is 0.163 e. The van der Waals surface area contributed by atoms with Gasteiger partial charge in [-0.15, -0.1) is 0 Å². The molecule has 2 rings (SSSR count). The zero-order valence-corrected chi connectivity index (χ0v) is 9.85. The largest absolute Gasteiger partial charge is 0.383 e. The molecular weight excluding hydrogens is 214 g/mol. The van der Waals surface area contributed by atoms with E-state index >= 15 is 0 Å². The third-order valence-corrected chi connectivity index (χ3v) is 2.74. The van der Waals surface area contributed by atoms with Crippen molar-refractivity contribution in [3.63, 3.8) is 0 Å². The first-order valence-electron chi connectivity index (χ1n) is 6.07. The van der Waals surface area contributed by atoms with Crippen molar-refractivity contribution in [1.82, 2.24) is 4.98 Å². The predicted molar refractivity (Wildman–Crippen MR) is 65.6 cm³/mol. The molecule has 0 radical (unpaired) electrons. The van der Waals surface area contributed by atoms with Gasteiger partial charge < -0.3 is 10.1 Å². The Labute approximate surface area is 102 Å². The number of ether oxygens (including phenoxy) is 1. The van der Waals surface area contributed by atoms with Gasteiger partial charge in [-0.3, -0.25) is 0 Å². The number of nitrogens with zero attached hydrogens (tertiary/aromatic N) is 2. The Hall–Kier alpha value is -1.60. The Bertz CT molecular complexity index is 396. The van der Waals surface area contributed by atoms with E-state index in [2.05, 4.69) is 16.4 Å². The normalized spacial score (nSPS) is 14.3. The van der Waals surface area contributed by atoms with Gasteiger partial charge in [0.2, 0.25) is 0 Å². The summed E-state index contributed by atoms with van der Waals surface area (Å²) in [7, 11) is 0. The highest BCUT2D eigenvalue weighted by Gasteiger charge is 2.20. The number of hydrogen-bond acceptors (Lipinski definition) is 4. The third kappa shape index (κ3) is 4.04. The maximum absolute atomic E-state index is 8.85. The molecule has 0 bridgehead atoms. The second-order valence-electron chi connectivity index (χ2n) is 4.31. The molecule has 1 saturated carbocycles. The van der Waals surface area contributed by atoms with E-state index in [1.807, 2.05) is 12.1 Å². The maximum Gasteiger partial charge on any atom is 0.163 e. The standard InChI is InChI=1S/C13H17N3O/c14-9-13-12(3-1-6-16-13)15-7-2-8-17-10-11-4-5-11/h1,3,6,11,15H,2,4-5,7-8,10H2. The van der Waals surface area contributed by atoms with Crippen molar-refractivity contribution in [3.05, 3.63) is 24.0 Å². The maximum atomic E-state index is 8.85. The first-order valence-corrected chi connectivity index (χ1v) is 6.07. The molecule has 1 heterocycles. The highest BCUT2D eigenvalue weighted by atomic mass is 16.5. The van der Waals surface area contributed by atoms with Crippen molar-refractivity contribution >= 4 is 5.69 Å². The van der Waals surface area contributed by atoms with E-state index in [1.54, 1.807) is 6.20 Å². The van der Waals surface area contributed by atoms with Crippen LogP contribution < -0.4 is 5.32 Å². The second-order valence-corrected chi connectivity index (χ2v) is 4.31. The van der Waals surface area contributed by atoms with Crippen LogP contribution in [0.5, 0.6) is 0 Å². The number of nitrogens with one attached hydrogen (secondary N) is 1. The predicted octanol–water partition coefficient (Wildman–Crippen LogP) is 2.18. The fourth-order valence-electron chi connectivity index (χ4n) is 1.57. The molecule has 1 aromatic rings. The minimum atomic E-state index is 0.450. The molecule has 17 heavy (non-hydrogen) atoms. The third-order valence-electron chi connectivity index (χ3n) is 2.74. The minimum Gasteiger partial charge on any atom is -0.383 e. The molecule has 1 aliphatic carbocycles. The average molecular weight is 231 g/mol. The van der Waals surface area contributed by atoms with E-state index < -0.39 is 0 Å². The molecular formula is C13H17N3O. The Morgan fingerprint density at radius 2 is 2.41 bits per heavy atom. The molecule has 1 fully saturated rings. The summed E-state index contributed by atoms with van der Waals surface area (Å²) in [5.41, 5.74) is 1.25. The first-order chi connectivity index (χ1) is 8.40. The molecule has 0 aromatic carbocycles. The molecule has 90 valence electrons. The van der Waals surface area contributed by atoms with Gasteiger partial charge in [0.25, 0.3) is 0 Å². The van der Waals surface area contributed by atoms with Crippen LogP contribution in [0.15, 0.2) is 18.3 Å². The molecule has 0 unspecified atom stereocenters. The van der Waals surface area contributed by atoms with E-state index in [4.69, 9.17) is 10.00 Å². The molecule has 0 saturated heterocycles. The van der Waals surface area contributed by atoms with Gasteiger partial charge in [0.15, 0.2) is 5.69 Å². The van der Waals surface area contributed by atoms with Crippen LogP contribution in [0, 0.1) is 17.2 Å². The van der Waals surface area contributed by atoms with Crippen molar-refractivity contribution < 1.29 is 4.74 Å². The summed E-state index contributed by atoms with van der Waals surface area (Å²) < 4.78 is 5.53. The lowest BCUT2D eigenvalue weighted by atomic mass is 10.3. The summed E-state index contributed by atoms with van der Waals surface area (Å²) in [5.74, 6) is 0.825. The number of anilines is 1. The quantitative estimate of drug-likeness (QED) is 0.731. The average Bonchev–Trinajstić information content (AvgIpc) is 3.18. The molecule has 1 N–H and O–H groups in total. The van der Waals surface area contributed by atoms with E-state index in [-0.39, 0.29) is 0 Å². The highest BCUT2D eigenvalue weighted by Crippen LogP contribution is 2.28. The molecule has 1 aromatic heterocycles. The van der Waals surface area contributed by atoms with Gasteiger partial charge in [0.05, 0.1) is 5.69 Å². The number of nitriles is 1. The zero-order valence-electron chi connectivity index (χ0n) is 9.85. The highest BCUT2D eigenvalue weighted by molar-refractivity contribution is 5.53. The van der Waals surface area contributed by atoms with Gasteiger partial charge in [0.1, 0.15) is 6.07 Å².